The number of carbonyl (C=O) groups excluding carboxylic acids is 1. The fourth-order valence-corrected chi connectivity index (χ4v) is 3.61. The molecule has 0 radical (unpaired) electrons. The van der Waals surface area contributed by atoms with Gasteiger partial charge in [0.15, 0.2) is 11.5 Å². The van der Waals surface area contributed by atoms with E-state index in [9.17, 15) is 13.2 Å². The number of rotatable bonds is 10. The number of anilines is 2. The van der Waals surface area contributed by atoms with Gasteiger partial charge in [0, 0.05) is 17.3 Å². The molecule has 3 aromatic carbocycles. The highest BCUT2D eigenvalue weighted by Crippen LogP contribution is 2.31. The molecule has 3 rings (SSSR count). The summed E-state index contributed by atoms with van der Waals surface area (Å²) >= 11 is 0. The number of amides is 1. The maximum Gasteiger partial charge on any atom is 0.255 e. The molecule has 0 fully saturated rings. The second-order valence-corrected chi connectivity index (χ2v) is 9.03. The second kappa shape index (κ2) is 10.7. The molecule has 0 heterocycles. The van der Waals surface area contributed by atoms with Crippen molar-refractivity contribution < 1.29 is 27.4 Å². The maximum absolute atomic E-state index is 12.8. The first-order valence-electron chi connectivity index (χ1n) is 10.2. The van der Waals surface area contributed by atoms with Gasteiger partial charge in [0.1, 0.15) is 12.4 Å². The van der Waals surface area contributed by atoms with Gasteiger partial charge in [0.05, 0.1) is 25.7 Å². The van der Waals surface area contributed by atoms with E-state index in [1.165, 1.54) is 27.2 Å². The predicted octanol–water partition coefficient (Wildman–Crippen LogP) is 4.30. The van der Waals surface area contributed by atoms with Crippen LogP contribution in [0.15, 0.2) is 66.7 Å². The van der Waals surface area contributed by atoms with Gasteiger partial charge < -0.3 is 19.5 Å². The fourth-order valence-electron chi connectivity index (χ4n) is 2.96. The van der Waals surface area contributed by atoms with Crippen LogP contribution in [0, 0.1) is 0 Å². The lowest BCUT2D eigenvalue weighted by molar-refractivity contribution is 0.102. The quantitative estimate of drug-likeness (QED) is 0.458. The number of hydrogen-bond acceptors (Lipinski definition) is 6. The zero-order chi connectivity index (χ0) is 23.8. The van der Waals surface area contributed by atoms with Crippen molar-refractivity contribution in [2.24, 2.45) is 0 Å². The van der Waals surface area contributed by atoms with Crippen LogP contribution in [0.4, 0.5) is 11.4 Å². The van der Waals surface area contributed by atoms with Gasteiger partial charge in [-0.25, -0.2) is 8.42 Å². The van der Waals surface area contributed by atoms with Crippen LogP contribution in [0.1, 0.15) is 22.8 Å². The molecule has 8 nitrogen and oxygen atoms in total. The monoisotopic (exact) mass is 470 g/mol. The van der Waals surface area contributed by atoms with E-state index in [-0.39, 0.29) is 17.4 Å². The molecule has 174 valence electrons. The lowest BCUT2D eigenvalue weighted by Crippen LogP contribution is -2.16. The molecule has 0 aromatic heterocycles. The molecule has 0 aliphatic carbocycles. The van der Waals surface area contributed by atoms with Crippen molar-refractivity contribution in [3.05, 3.63) is 77.9 Å². The summed E-state index contributed by atoms with van der Waals surface area (Å²) in [6, 6.07) is 19.3. The molecule has 0 spiro atoms. The minimum atomic E-state index is -3.46. The van der Waals surface area contributed by atoms with E-state index in [1.807, 2.05) is 30.3 Å². The molecular weight excluding hydrogens is 444 g/mol. The first kappa shape index (κ1) is 23.9. The van der Waals surface area contributed by atoms with Gasteiger partial charge in [-0.1, -0.05) is 30.3 Å². The van der Waals surface area contributed by atoms with Crippen molar-refractivity contribution in [3.63, 3.8) is 0 Å². The minimum absolute atomic E-state index is 0.0679. The Balaban J connectivity index is 1.73. The van der Waals surface area contributed by atoms with Gasteiger partial charge in [-0.15, -0.1) is 0 Å². The van der Waals surface area contributed by atoms with E-state index < -0.39 is 10.0 Å². The van der Waals surface area contributed by atoms with E-state index in [4.69, 9.17) is 14.2 Å². The number of nitrogens with one attached hydrogen (secondary N) is 2. The first-order valence-corrected chi connectivity index (χ1v) is 11.8. The van der Waals surface area contributed by atoms with Crippen molar-refractivity contribution in [1.29, 1.82) is 0 Å². The van der Waals surface area contributed by atoms with Crippen LogP contribution in [0.3, 0.4) is 0 Å². The Hall–Kier alpha value is -3.72. The van der Waals surface area contributed by atoms with Crippen LogP contribution in [-0.4, -0.2) is 34.3 Å². The predicted molar refractivity (Wildman–Crippen MR) is 128 cm³/mol. The summed E-state index contributed by atoms with van der Waals surface area (Å²) in [6.07, 6.45) is 0. The van der Waals surface area contributed by atoms with Crippen LogP contribution in [0.5, 0.6) is 17.2 Å². The number of carbonyl (C=O) groups is 1. The van der Waals surface area contributed by atoms with Crippen LogP contribution < -0.4 is 24.2 Å². The Labute approximate surface area is 193 Å². The normalized spacial score (nSPS) is 10.9. The van der Waals surface area contributed by atoms with Crippen LogP contribution in [0.2, 0.25) is 0 Å². The molecule has 0 saturated heterocycles. The van der Waals surface area contributed by atoms with Crippen molar-refractivity contribution in [2.45, 2.75) is 13.5 Å². The Morgan fingerprint density at radius 3 is 2.27 bits per heavy atom. The van der Waals surface area contributed by atoms with E-state index in [1.54, 1.807) is 30.3 Å². The summed E-state index contributed by atoms with van der Waals surface area (Å²) in [6.45, 7) is 1.91. The van der Waals surface area contributed by atoms with E-state index in [0.29, 0.717) is 35.0 Å². The molecule has 1 amide bonds. The molecule has 2 N–H and O–H groups in total. The Kier molecular flexibility index (Phi) is 7.78. The molecule has 0 saturated carbocycles. The number of methoxy groups -OCH3 is 2. The summed E-state index contributed by atoms with van der Waals surface area (Å²) < 4.78 is 42.6. The smallest absolute Gasteiger partial charge is 0.255 e. The second-order valence-electron chi connectivity index (χ2n) is 7.01. The topological polar surface area (TPSA) is 103 Å². The van der Waals surface area contributed by atoms with E-state index in [0.717, 1.165) is 5.56 Å². The summed E-state index contributed by atoms with van der Waals surface area (Å²) in [5, 5.41) is 2.77. The first-order chi connectivity index (χ1) is 15.8. The van der Waals surface area contributed by atoms with Crippen molar-refractivity contribution in [3.8, 4) is 17.2 Å². The highest BCUT2D eigenvalue weighted by Gasteiger charge is 2.15. The average Bonchev–Trinajstić information content (AvgIpc) is 2.84. The Bertz CT molecular complexity index is 1210. The molecule has 0 unspecified atom stereocenters. The van der Waals surface area contributed by atoms with Crippen molar-refractivity contribution >= 4 is 27.3 Å². The van der Waals surface area contributed by atoms with Gasteiger partial charge >= 0.3 is 0 Å². The van der Waals surface area contributed by atoms with Crippen molar-refractivity contribution in [1.82, 2.24) is 0 Å². The SMILES string of the molecule is CCS(=O)(=O)Nc1ccc(NC(=O)c2ccc(OCc3ccccc3)c(OC)c2)cc1OC. The molecule has 0 bridgehead atoms. The summed E-state index contributed by atoms with van der Waals surface area (Å²) in [5.41, 5.74) is 2.12. The molecule has 0 atom stereocenters. The number of benzene rings is 3. The number of sulfonamides is 1. The molecule has 0 aliphatic heterocycles. The Morgan fingerprint density at radius 1 is 0.879 bits per heavy atom. The molecule has 9 heteroatoms. The average molecular weight is 471 g/mol. The van der Waals surface area contributed by atoms with Crippen LogP contribution >= 0.6 is 0 Å². The van der Waals surface area contributed by atoms with Gasteiger partial charge in [-0.2, -0.15) is 0 Å². The number of ether oxygens (including phenoxy) is 3. The van der Waals surface area contributed by atoms with Crippen LogP contribution in [0.25, 0.3) is 0 Å². The lowest BCUT2D eigenvalue weighted by atomic mass is 10.1. The lowest BCUT2D eigenvalue weighted by Gasteiger charge is -2.14. The largest absolute Gasteiger partial charge is 0.494 e. The third-order valence-electron chi connectivity index (χ3n) is 4.77. The van der Waals surface area contributed by atoms with Gasteiger partial charge in [0.2, 0.25) is 10.0 Å². The molecule has 0 aliphatic rings. The van der Waals surface area contributed by atoms with Crippen LogP contribution in [-0.2, 0) is 16.6 Å². The Morgan fingerprint density at radius 2 is 1.61 bits per heavy atom. The highest BCUT2D eigenvalue weighted by atomic mass is 32.2. The highest BCUT2D eigenvalue weighted by molar-refractivity contribution is 7.92. The summed E-state index contributed by atoms with van der Waals surface area (Å²) in [7, 11) is -0.534. The number of hydrogen-bond donors (Lipinski definition) is 2. The maximum atomic E-state index is 12.8. The molecular formula is C24H26N2O6S. The summed E-state index contributed by atoms with van der Waals surface area (Å²) in [4.78, 5) is 12.8. The van der Waals surface area contributed by atoms with Gasteiger partial charge in [0.25, 0.3) is 5.91 Å². The van der Waals surface area contributed by atoms with E-state index >= 15 is 0 Å². The minimum Gasteiger partial charge on any atom is -0.494 e. The third-order valence-corrected chi connectivity index (χ3v) is 6.06. The van der Waals surface area contributed by atoms with E-state index in [2.05, 4.69) is 10.0 Å². The third kappa shape index (κ3) is 6.39. The van der Waals surface area contributed by atoms with Gasteiger partial charge in [-0.05, 0) is 42.8 Å². The summed E-state index contributed by atoms with van der Waals surface area (Å²) in [5.74, 6) is 0.799. The zero-order valence-electron chi connectivity index (χ0n) is 18.6. The standard InChI is InChI=1S/C24H26N2O6S/c1-4-33(28,29)26-20-12-11-19(15-22(20)30-2)25-24(27)18-10-13-21(23(14-18)31-3)32-16-17-8-6-5-7-9-17/h5-15,26H,4,16H2,1-3H3,(H,25,27). The molecule has 3 aromatic rings. The van der Waals surface area contributed by atoms with Crippen molar-refractivity contribution in [2.75, 3.05) is 30.0 Å². The zero-order valence-corrected chi connectivity index (χ0v) is 19.4. The molecule has 33 heavy (non-hydrogen) atoms. The van der Waals surface area contributed by atoms with Gasteiger partial charge in [-0.3, -0.25) is 9.52 Å². The fraction of sp³-hybridized carbons (Fsp3) is 0.208.